The van der Waals surface area contributed by atoms with Gasteiger partial charge < -0.3 is 4.90 Å². The second-order valence-corrected chi connectivity index (χ2v) is 6.66. The molecule has 3 rings (SSSR count). The van der Waals surface area contributed by atoms with E-state index in [4.69, 9.17) is 0 Å². The summed E-state index contributed by atoms with van der Waals surface area (Å²) < 4.78 is 0. The topological polar surface area (TPSA) is 36.4 Å². The highest BCUT2D eigenvalue weighted by Gasteiger charge is 2.19. The van der Waals surface area contributed by atoms with Crippen LogP contribution in [0.1, 0.15) is 22.3 Å². The Labute approximate surface area is 149 Å². The third kappa shape index (κ3) is 4.77. The fourth-order valence-corrected chi connectivity index (χ4v) is 3.16. The number of aromatic nitrogens is 1. The lowest BCUT2D eigenvalue weighted by Crippen LogP contribution is -2.47. The number of carbonyl (C=O) groups is 1. The highest BCUT2D eigenvalue weighted by atomic mass is 16.2. The molecule has 2 heterocycles. The third-order valence-electron chi connectivity index (χ3n) is 4.64. The first-order chi connectivity index (χ1) is 12.1. The lowest BCUT2D eigenvalue weighted by molar-refractivity contribution is -0.127. The van der Waals surface area contributed by atoms with Crippen LogP contribution in [-0.4, -0.2) is 46.9 Å². The molecule has 0 saturated carbocycles. The van der Waals surface area contributed by atoms with Crippen LogP contribution < -0.4 is 0 Å². The maximum atomic E-state index is 12.4. The van der Waals surface area contributed by atoms with Crippen LogP contribution in [0.3, 0.4) is 0 Å². The molecule has 25 heavy (non-hydrogen) atoms. The van der Waals surface area contributed by atoms with Gasteiger partial charge in [0.2, 0.25) is 5.91 Å². The van der Waals surface area contributed by atoms with Gasteiger partial charge in [0, 0.05) is 51.2 Å². The number of hydrogen-bond acceptors (Lipinski definition) is 3. The molecule has 0 N–H and O–H groups in total. The summed E-state index contributed by atoms with van der Waals surface area (Å²) in [5.74, 6) is 0.0982. The van der Waals surface area contributed by atoms with Crippen molar-refractivity contribution < 1.29 is 4.79 Å². The van der Waals surface area contributed by atoms with E-state index >= 15 is 0 Å². The number of carbonyl (C=O) groups excluding carboxylic acids is 1. The number of benzene rings is 1. The molecule has 0 aliphatic carbocycles. The molecular weight excluding hydrogens is 310 g/mol. The summed E-state index contributed by atoms with van der Waals surface area (Å²) >= 11 is 0. The molecule has 1 aliphatic rings. The van der Waals surface area contributed by atoms with Crippen LogP contribution in [0.4, 0.5) is 0 Å². The van der Waals surface area contributed by atoms with Crippen LogP contribution in [0.2, 0.25) is 0 Å². The Morgan fingerprint density at radius 2 is 1.96 bits per heavy atom. The van der Waals surface area contributed by atoms with Crippen molar-refractivity contribution >= 4 is 12.0 Å². The van der Waals surface area contributed by atoms with Crippen LogP contribution in [0, 0.1) is 13.8 Å². The quantitative estimate of drug-likeness (QED) is 0.806. The molecule has 0 unspecified atom stereocenters. The van der Waals surface area contributed by atoms with Crippen molar-refractivity contribution in [1.29, 1.82) is 0 Å². The van der Waals surface area contributed by atoms with Crippen LogP contribution in [0.15, 0.2) is 48.8 Å². The van der Waals surface area contributed by atoms with Gasteiger partial charge in [0.15, 0.2) is 0 Å². The fraction of sp³-hybridized carbons (Fsp3) is 0.333. The first-order valence-corrected chi connectivity index (χ1v) is 8.77. The van der Waals surface area contributed by atoms with Crippen molar-refractivity contribution in [3.63, 3.8) is 0 Å². The Kier molecular flexibility index (Phi) is 5.61. The summed E-state index contributed by atoms with van der Waals surface area (Å²) in [4.78, 5) is 20.9. The van der Waals surface area contributed by atoms with Gasteiger partial charge in [0.25, 0.3) is 0 Å². The Morgan fingerprint density at radius 3 is 2.64 bits per heavy atom. The highest BCUT2D eigenvalue weighted by Crippen LogP contribution is 2.13. The van der Waals surface area contributed by atoms with Gasteiger partial charge in [-0.1, -0.05) is 29.8 Å². The van der Waals surface area contributed by atoms with Gasteiger partial charge in [-0.2, -0.15) is 0 Å². The molecule has 1 aromatic carbocycles. The van der Waals surface area contributed by atoms with Crippen LogP contribution in [0.5, 0.6) is 0 Å². The first-order valence-electron chi connectivity index (χ1n) is 8.77. The molecule has 2 aromatic rings. The van der Waals surface area contributed by atoms with Crippen LogP contribution in [0.25, 0.3) is 6.08 Å². The van der Waals surface area contributed by atoms with Gasteiger partial charge in [-0.25, -0.2) is 0 Å². The molecule has 0 atom stereocenters. The number of rotatable bonds is 4. The predicted molar refractivity (Wildman–Crippen MR) is 101 cm³/mol. The van der Waals surface area contributed by atoms with Gasteiger partial charge in [-0.15, -0.1) is 0 Å². The summed E-state index contributed by atoms with van der Waals surface area (Å²) in [6.45, 7) is 8.40. The molecule has 0 spiro atoms. The van der Waals surface area contributed by atoms with Crippen molar-refractivity contribution in [2.75, 3.05) is 26.2 Å². The monoisotopic (exact) mass is 335 g/mol. The zero-order chi connectivity index (χ0) is 17.6. The normalized spacial score (nSPS) is 15.7. The summed E-state index contributed by atoms with van der Waals surface area (Å²) in [6.07, 6.45) is 7.33. The second kappa shape index (κ2) is 8.08. The zero-order valence-corrected chi connectivity index (χ0v) is 15.0. The number of hydrogen-bond donors (Lipinski definition) is 0. The standard InChI is InChI=1S/C21H25N3O/c1-17-5-6-20(18(2)14-17)7-8-21(25)24-12-10-23(11-13-24)16-19-4-3-9-22-15-19/h3-9,14-15H,10-13,16H2,1-2H3/b8-7+. The van der Waals surface area contributed by atoms with E-state index in [-0.39, 0.29) is 5.91 Å². The Hall–Kier alpha value is -2.46. The molecule has 1 fully saturated rings. The summed E-state index contributed by atoms with van der Waals surface area (Å²) in [7, 11) is 0. The first kappa shape index (κ1) is 17.4. The molecular formula is C21H25N3O. The largest absolute Gasteiger partial charge is 0.337 e. The minimum atomic E-state index is 0.0982. The van der Waals surface area contributed by atoms with E-state index in [1.54, 1.807) is 12.3 Å². The Bertz CT molecular complexity index is 747. The van der Waals surface area contributed by atoms with Gasteiger partial charge in [-0.3, -0.25) is 14.7 Å². The summed E-state index contributed by atoms with van der Waals surface area (Å²) in [5, 5.41) is 0. The van der Waals surface area contributed by atoms with E-state index in [1.807, 2.05) is 23.2 Å². The van der Waals surface area contributed by atoms with Crippen molar-refractivity contribution in [3.05, 3.63) is 71.1 Å². The molecule has 4 heteroatoms. The van der Waals surface area contributed by atoms with Crippen LogP contribution in [-0.2, 0) is 11.3 Å². The van der Waals surface area contributed by atoms with Gasteiger partial charge >= 0.3 is 0 Å². The molecule has 1 amide bonds. The molecule has 4 nitrogen and oxygen atoms in total. The Morgan fingerprint density at radius 1 is 1.16 bits per heavy atom. The van der Waals surface area contributed by atoms with Crippen molar-refractivity contribution in [3.8, 4) is 0 Å². The van der Waals surface area contributed by atoms with E-state index in [0.29, 0.717) is 0 Å². The SMILES string of the molecule is Cc1ccc(/C=C/C(=O)N2CCN(Cc3cccnc3)CC2)c(C)c1. The number of aryl methyl sites for hydroxylation is 2. The lowest BCUT2D eigenvalue weighted by Gasteiger charge is -2.34. The molecule has 1 saturated heterocycles. The van der Waals surface area contributed by atoms with E-state index in [1.165, 1.54) is 16.7 Å². The van der Waals surface area contributed by atoms with Gasteiger partial charge in [0.1, 0.15) is 0 Å². The zero-order valence-electron chi connectivity index (χ0n) is 15.0. The van der Waals surface area contributed by atoms with E-state index < -0.39 is 0 Å². The van der Waals surface area contributed by atoms with Crippen LogP contribution >= 0.6 is 0 Å². The van der Waals surface area contributed by atoms with E-state index in [9.17, 15) is 4.79 Å². The number of nitrogens with zero attached hydrogens (tertiary/aromatic N) is 3. The Balaban J connectivity index is 1.52. The molecule has 1 aromatic heterocycles. The number of piperazine rings is 1. The molecule has 0 bridgehead atoms. The number of pyridine rings is 1. The lowest BCUT2D eigenvalue weighted by atomic mass is 10.1. The van der Waals surface area contributed by atoms with Crippen molar-refractivity contribution in [2.24, 2.45) is 0 Å². The minimum Gasteiger partial charge on any atom is -0.337 e. The predicted octanol–water partition coefficient (Wildman–Crippen LogP) is 3.06. The average molecular weight is 335 g/mol. The van der Waals surface area contributed by atoms with Crippen molar-refractivity contribution in [1.82, 2.24) is 14.8 Å². The minimum absolute atomic E-state index is 0.0982. The highest BCUT2D eigenvalue weighted by molar-refractivity contribution is 5.92. The summed E-state index contributed by atoms with van der Waals surface area (Å²) in [5.41, 5.74) is 4.77. The fourth-order valence-electron chi connectivity index (χ4n) is 3.16. The smallest absolute Gasteiger partial charge is 0.246 e. The third-order valence-corrected chi connectivity index (χ3v) is 4.64. The number of amides is 1. The van der Waals surface area contributed by atoms with Gasteiger partial charge in [-0.05, 0) is 42.7 Å². The summed E-state index contributed by atoms with van der Waals surface area (Å²) in [6, 6.07) is 10.3. The molecule has 0 radical (unpaired) electrons. The van der Waals surface area contributed by atoms with E-state index in [2.05, 4.69) is 48.0 Å². The van der Waals surface area contributed by atoms with E-state index in [0.717, 1.165) is 38.3 Å². The molecule has 1 aliphatic heterocycles. The maximum absolute atomic E-state index is 12.4. The average Bonchev–Trinajstić information content (AvgIpc) is 2.62. The van der Waals surface area contributed by atoms with Crippen molar-refractivity contribution in [2.45, 2.75) is 20.4 Å². The maximum Gasteiger partial charge on any atom is 0.246 e. The molecule has 130 valence electrons. The second-order valence-electron chi connectivity index (χ2n) is 6.66. The van der Waals surface area contributed by atoms with Gasteiger partial charge in [0.05, 0.1) is 0 Å².